The first-order chi connectivity index (χ1) is 11.0. The van der Waals surface area contributed by atoms with Gasteiger partial charge < -0.3 is 5.32 Å². The van der Waals surface area contributed by atoms with E-state index < -0.39 is 0 Å². The molecule has 0 spiro atoms. The minimum absolute atomic E-state index is 0.0247. The van der Waals surface area contributed by atoms with Gasteiger partial charge in [-0.3, -0.25) is 14.5 Å². The Morgan fingerprint density at radius 1 is 1.30 bits per heavy atom. The number of carbonyl (C=O) groups is 2. The Bertz CT molecular complexity index is 676. The lowest BCUT2D eigenvalue weighted by atomic mass is 10.1. The monoisotopic (exact) mass is 346 g/mol. The number of thioether (sulfide) groups is 1. The average molecular weight is 346 g/mol. The van der Waals surface area contributed by atoms with Gasteiger partial charge in [0, 0.05) is 18.7 Å². The third-order valence-electron chi connectivity index (χ3n) is 4.15. The number of carbonyl (C=O) groups excluding carboxylic acids is 2. The van der Waals surface area contributed by atoms with E-state index in [0.717, 1.165) is 18.4 Å². The van der Waals surface area contributed by atoms with E-state index in [1.54, 1.807) is 25.3 Å². The lowest BCUT2D eigenvalue weighted by Crippen LogP contribution is -2.32. The van der Waals surface area contributed by atoms with Crippen molar-refractivity contribution < 1.29 is 9.59 Å². The van der Waals surface area contributed by atoms with E-state index in [4.69, 9.17) is 12.2 Å². The van der Waals surface area contributed by atoms with E-state index in [9.17, 15) is 9.59 Å². The van der Waals surface area contributed by atoms with E-state index in [2.05, 4.69) is 5.32 Å². The van der Waals surface area contributed by atoms with Gasteiger partial charge >= 0.3 is 0 Å². The fourth-order valence-electron chi connectivity index (χ4n) is 2.77. The molecule has 0 radical (unpaired) electrons. The van der Waals surface area contributed by atoms with Crippen molar-refractivity contribution in [1.29, 1.82) is 0 Å². The van der Waals surface area contributed by atoms with Gasteiger partial charge in [-0.05, 0) is 36.6 Å². The lowest BCUT2D eigenvalue weighted by Gasteiger charge is -2.11. The smallest absolute Gasteiger partial charge is 0.265 e. The number of benzene rings is 1. The Labute approximate surface area is 145 Å². The van der Waals surface area contributed by atoms with Crippen LogP contribution < -0.4 is 5.32 Å². The molecular formula is C17H18N2O2S2. The summed E-state index contributed by atoms with van der Waals surface area (Å²) in [5, 5.41) is 3.07. The number of hydrogen-bond acceptors (Lipinski definition) is 4. The maximum atomic E-state index is 12.2. The molecule has 1 aromatic carbocycles. The van der Waals surface area contributed by atoms with Crippen LogP contribution in [0, 0.1) is 0 Å². The third kappa shape index (κ3) is 3.64. The van der Waals surface area contributed by atoms with Gasteiger partial charge in [-0.2, -0.15) is 0 Å². The quantitative estimate of drug-likeness (QED) is 0.674. The standard InChI is InChI=1S/C17H18N2O2S2/c1-19-16(21)14(23-17(19)22)10-11-6-8-12(9-7-11)15(20)18-13-4-2-3-5-13/h6-10,13H,2-5H2,1H3,(H,18,20)/b14-10-. The van der Waals surface area contributed by atoms with Gasteiger partial charge in [-0.1, -0.05) is 49.0 Å². The molecule has 0 aromatic heterocycles. The van der Waals surface area contributed by atoms with E-state index >= 15 is 0 Å². The molecule has 1 aromatic rings. The van der Waals surface area contributed by atoms with Gasteiger partial charge in [0.15, 0.2) is 0 Å². The Hall–Kier alpha value is -1.66. The van der Waals surface area contributed by atoms with Crippen molar-refractivity contribution in [2.45, 2.75) is 31.7 Å². The molecule has 1 aliphatic heterocycles. The molecule has 1 saturated carbocycles. The number of thiocarbonyl (C=S) groups is 1. The molecule has 0 atom stereocenters. The van der Waals surface area contributed by atoms with Crippen LogP contribution >= 0.6 is 24.0 Å². The maximum absolute atomic E-state index is 12.2. The fraction of sp³-hybridized carbons (Fsp3) is 0.353. The second kappa shape index (κ2) is 6.84. The van der Waals surface area contributed by atoms with Crippen molar-refractivity contribution in [3.63, 3.8) is 0 Å². The molecule has 2 fully saturated rings. The molecule has 1 saturated heterocycles. The van der Waals surface area contributed by atoms with E-state index in [1.165, 1.54) is 29.5 Å². The summed E-state index contributed by atoms with van der Waals surface area (Å²) in [4.78, 5) is 26.2. The molecule has 3 rings (SSSR count). The summed E-state index contributed by atoms with van der Waals surface area (Å²) in [6.45, 7) is 0. The molecule has 6 heteroatoms. The number of hydrogen-bond donors (Lipinski definition) is 1. The fourth-order valence-corrected chi connectivity index (χ4v) is 3.95. The predicted molar refractivity (Wildman–Crippen MR) is 97.1 cm³/mol. The van der Waals surface area contributed by atoms with Crippen molar-refractivity contribution in [2.75, 3.05) is 7.05 Å². The summed E-state index contributed by atoms with van der Waals surface area (Å²) in [7, 11) is 1.68. The Kier molecular flexibility index (Phi) is 4.82. The number of nitrogens with zero attached hydrogens (tertiary/aromatic N) is 1. The summed E-state index contributed by atoms with van der Waals surface area (Å²) in [6.07, 6.45) is 6.34. The van der Waals surface area contributed by atoms with E-state index in [0.29, 0.717) is 20.8 Å². The summed E-state index contributed by atoms with van der Waals surface area (Å²) >= 11 is 6.41. The van der Waals surface area contributed by atoms with Crippen LogP contribution in [0.4, 0.5) is 0 Å². The molecule has 2 aliphatic rings. The highest BCUT2D eigenvalue weighted by Crippen LogP contribution is 2.31. The highest BCUT2D eigenvalue weighted by atomic mass is 32.2. The van der Waals surface area contributed by atoms with Crippen LogP contribution in [-0.2, 0) is 4.79 Å². The second-order valence-corrected chi connectivity index (χ2v) is 7.49. The summed E-state index contributed by atoms with van der Waals surface area (Å²) in [6, 6.07) is 7.61. The normalized spacial score (nSPS) is 20.6. The molecule has 2 amide bonds. The van der Waals surface area contributed by atoms with Crippen LogP contribution in [0.3, 0.4) is 0 Å². The van der Waals surface area contributed by atoms with Crippen LogP contribution in [0.5, 0.6) is 0 Å². The molecule has 1 N–H and O–H groups in total. The Morgan fingerprint density at radius 2 is 1.96 bits per heavy atom. The van der Waals surface area contributed by atoms with Crippen molar-refractivity contribution >= 4 is 46.2 Å². The van der Waals surface area contributed by atoms with E-state index in [1.807, 2.05) is 12.1 Å². The van der Waals surface area contributed by atoms with Gasteiger partial charge in [0.1, 0.15) is 4.32 Å². The summed E-state index contributed by atoms with van der Waals surface area (Å²) in [5.41, 5.74) is 1.54. The van der Waals surface area contributed by atoms with Crippen molar-refractivity contribution in [2.24, 2.45) is 0 Å². The van der Waals surface area contributed by atoms with Crippen LogP contribution in [0.1, 0.15) is 41.6 Å². The van der Waals surface area contributed by atoms with Crippen LogP contribution in [-0.4, -0.2) is 34.1 Å². The Balaban J connectivity index is 1.68. The minimum Gasteiger partial charge on any atom is -0.349 e. The van der Waals surface area contributed by atoms with Gasteiger partial charge in [0.2, 0.25) is 0 Å². The van der Waals surface area contributed by atoms with E-state index in [-0.39, 0.29) is 11.8 Å². The minimum atomic E-state index is -0.0805. The molecule has 120 valence electrons. The molecule has 1 heterocycles. The van der Waals surface area contributed by atoms with Gasteiger partial charge in [-0.25, -0.2) is 0 Å². The van der Waals surface area contributed by atoms with Crippen molar-refractivity contribution in [3.8, 4) is 0 Å². The lowest BCUT2D eigenvalue weighted by molar-refractivity contribution is -0.121. The van der Waals surface area contributed by atoms with Gasteiger partial charge in [0.25, 0.3) is 11.8 Å². The Morgan fingerprint density at radius 3 is 2.52 bits per heavy atom. The molecular weight excluding hydrogens is 328 g/mol. The average Bonchev–Trinajstić information content (AvgIpc) is 3.13. The third-order valence-corrected chi connectivity index (χ3v) is 5.63. The number of rotatable bonds is 3. The highest BCUT2D eigenvalue weighted by molar-refractivity contribution is 8.26. The first-order valence-corrected chi connectivity index (χ1v) is 8.89. The molecule has 1 aliphatic carbocycles. The first kappa shape index (κ1) is 16.2. The van der Waals surface area contributed by atoms with Gasteiger partial charge in [0.05, 0.1) is 4.91 Å². The number of amides is 2. The van der Waals surface area contributed by atoms with Crippen LogP contribution in [0.25, 0.3) is 6.08 Å². The molecule has 0 bridgehead atoms. The largest absolute Gasteiger partial charge is 0.349 e. The second-order valence-electron chi connectivity index (χ2n) is 5.82. The maximum Gasteiger partial charge on any atom is 0.265 e. The molecule has 23 heavy (non-hydrogen) atoms. The summed E-state index contributed by atoms with van der Waals surface area (Å²) in [5.74, 6) is -0.105. The van der Waals surface area contributed by atoms with Crippen molar-refractivity contribution in [3.05, 3.63) is 40.3 Å². The zero-order chi connectivity index (χ0) is 16.4. The predicted octanol–water partition coefficient (Wildman–Crippen LogP) is 3.19. The highest BCUT2D eigenvalue weighted by Gasteiger charge is 2.28. The van der Waals surface area contributed by atoms with Gasteiger partial charge in [-0.15, -0.1) is 0 Å². The SMILES string of the molecule is CN1C(=O)/C(=C/c2ccc(C(=O)NC3CCCC3)cc2)SC1=S. The zero-order valence-electron chi connectivity index (χ0n) is 12.9. The van der Waals surface area contributed by atoms with Crippen LogP contribution in [0.15, 0.2) is 29.2 Å². The zero-order valence-corrected chi connectivity index (χ0v) is 14.5. The molecule has 0 unspecified atom stereocenters. The first-order valence-electron chi connectivity index (χ1n) is 7.67. The van der Waals surface area contributed by atoms with Crippen molar-refractivity contribution in [1.82, 2.24) is 10.2 Å². The van der Waals surface area contributed by atoms with Crippen LogP contribution in [0.2, 0.25) is 0 Å². The number of likely N-dealkylation sites (N-methyl/N-ethyl adjacent to an activating group) is 1. The topological polar surface area (TPSA) is 49.4 Å². The molecule has 4 nitrogen and oxygen atoms in total. The number of nitrogens with one attached hydrogen (secondary N) is 1. The summed E-state index contributed by atoms with van der Waals surface area (Å²) < 4.78 is 0.564.